The lowest BCUT2D eigenvalue weighted by Gasteiger charge is -2.07. The van der Waals surface area contributed by atoms with E-state index < -0.39 is 0 Å². The van der Waals surface area contributed by atoms with Crippen LogP contribution in [0.3, 0.4) is 0 Å². The molecule has 3 rings (SSSR count). The highest BCUT2D eigenvalue weighted by molar-refractivity contribution is 7.09. The first-order valence-corrected chi connectivity index (χ1v) is 6.98. The summed E-state index contributed by atoms with van der Waals surface area (Å²) in [7, 11) is 1.96. The molecule has 3 aromatic rings. The predicted octanol–water partition coefficient (Wildman–Crippen LogP) is 3.17. The van der Waals surface area contributed by atoms with Gasteiger partial charge in [0.15, 0.2) is 0 Å². The quantitative estimate of drug-likeness (QED) is 0.779. The van der Waals surface area contributed by atoms with Crippen molar-refractivity contribution in [3.63, 3.8) is 0 Å². The van der Waals surface area contributed by atoms with Crippen molar-refractivity contribution in [1.82, 2.24) is 9.88 Å². The van der Waals surface area contributed by atoms with Gasteiger partial charge < -0.3 is 9.88 Å². The third kappa shape index (κ3) is 2.27. The van der Waals surface area contributed by atoms with Crippen LogP contribution in [0.2, 0.25) is 0 Å². The van der Waals surface area contributed by atoms with Crippen molar-refractivity contribution in [3.8, 4) is 0 Å². The zero-order valence-corrected chi connectivity index (χ0v) is 11.4. The summed E-state index contributed by atoms with van der Waals surface area (Å²) in [4.78, 5) is 13.4. The Morgan fingerprint density at radius 2 is 2.16 bits per heavy atom. The highest BCUT2D eigenvalue weighted by Crippen LogP contribution is 2.19. The molecule has 0 fully saturated rings. The van der Waals surface area contributed by atoms with Crippen molar-refractivity contribution in [2.75, 3.05) is 0 Å². The van der Waals surface area contributed by atoms with Crippen LogP contribution in [0, 0.1) is 0 Å². The summed E-state index contributed by atoms with van der Waals surface area (Å²) in [5, 5.41) is 6.07. The van der Waals surface area contributed by atoms with E-state index in [1.807, 2.05) is 59.6 Å². The van der Waals surface area contributed by atoms with Gasteiger partial charge in [-0.15, -0.1) is 11.3 Å². The van der Waals surface area contributed by atoms with Crippen LogP contribution >= 0.6 is 11.3 Å². The number of thiophene rings is 1. The molecule has 19 heavy (non-hydrogen) atoms. The van der Waals surface area contributed by atoms with Gasteiger partial charge in [0.05, 0.1) is 17.6 Å². The lowest BCUT2D eigenvalue weighted by Crippen LogP contribution is -2.22. The van der Waals surface area contributed by atoms with E-state index in [4.69, 9.17) is 0 Å². The van der Waals surface area contributed by atoms with Crippen LogP contribution in [0.4, 0.5) is 0 Å². The summed E-state index contributed by atoms with van der Waals surface area (Å²) in [6, 6.07) is 11.8. The molecule has 2 heterocycles. The number of hydrogen-bond acceptors (Lipinski definition) is 2. The summed E-state index contributed by atoms with van der Waals surface area (Å²) in [6.45, 7) is 0.581. The molecule has 0 aliphatic rings. The minimum absolute atomic E-state index is 0.0270. The number of fused-ring (bicyclic) bond motifs is 1. The highest BCUT2D eigenvalue weighted by Gasteiger charge is 2.11. The van der Waals surface area contributed by atoms with Crippen molar-refractivity contribution >= 4 is 28.1 Å². The molecule has 0 saturated heterocycles. The van der Waals surface area contributed by atoms with E-state index in [1.165, 1.54) is 0 Å². The Morgan fingerprint density at radius 3 is 2.95 bits per heavy atom. The third-order valence-electron chi connectivity index (χ3n) is 3.15. The van der Waals surface area contributed by atoms with Crippen molar-refractivity contribution in [3.05, 3.63) is 58.4 Å². The summed E-state index contributed by atoms with van der Waals surface area (Å²) in [6.07, 6.45) is 1.97. The number of rotatable bonds is 3. The van der Waals surface area contributed by atoms with Crippen molar-refractivity contribution in [2.45, 2.75) is 6.54 Å². The zero-order chi connectivity index (χ0) is 13.2. The molecule has 1 aromatic carbocycles. The standard InChI is InChI=1S/C15H14N2OS/c1-17-8-7-11-4-2-6-13(14(11)17)15(18)16-10-12-5-3-9-19-12/h2-9H,10H2,1H3,(H,16,18). The van der Waals surface area contributed by atoms with E-state index in [-0.39, 0.29) is 5.91 Å². The second kappa shape index (κ2) is 4.90. The van der Waals surface area contributed by atoms with Gasteiger partial charge in [0, 0.05) is 23.5 Å². The van der Waals surface area contributed by atoms with Crippen LogP contribution in [0.1, 0.15) is 15.2 Å². The van der Waals surface area contributed by atoms with Gasteiger partial charge in [-0.1, -0.05) is 18.2 Å². The molecule has 0 radical (unpaired) electrons. The molecular formula is C15H14N2OS. The predicted molar refractivity (Wildman–Crippen MR) is 78.4 cm³/mol. The molecule has 0 unspecified atom stereocenters. The largest absolute Gasteiger partial charge is 0.350 e. The first-order valence-electron chi connectivity index (χ1n) is 6.10. The lowest BCUT2D eigenvalue weighted by molar-refractivity contribution is 0.0952. The molecule has 0 aliphatic carbocycles. The second-order valence-corrected chi connectivity index (χ2v) is 5.46. The Hall–Kier alpha value is -2.07. The van der Waals surface area contributed by atoms with E-state index in [9.17, 15) is 4.79 Å². The molecule has 0 saturated carbocycles. The lowest BCUT2D eigenvalue weighted by atomic mass is 10.1. The van der Waals surface area contributed by atoms with Gasteiger partial charge in [-0.25, -0.2) is 0 Å². The minimum atomic E-state index is -0.0270. The number of para-hydroxylation sites is 1. The number of amides is 1. The molecule has 0 spiro atoms. The molecule has 0 atom stereocenters. The number of aryl methyl sites for hydroxylation is 1. The maximum absolute atomic E-state index is 12.3. The Bertz CT molecular complexity index is 713. The molecule has 1 amide bonds. The first kappa shape index (κ1) is 12.0. The molecule has 3 nitrogen and oxygen atoms in total. The number of carbonyl (C=O) groups excluding carboxylic acids is 1. The average molecular weight is 270 g/mol. The Labute approximate surface area is 115 Å². The van der Waals surface area contributed by atoms with Gasteiger partial charge in [-0.3, -0.25) is 4.79 Å². The number of nitrogens with zero attached hydrogens (tertiary/aromatic N) is 1. The van der Waals surface area contributed by atoms with E-state index in [0.29, 0.717) is 6.54 Å². The van der Waals surface area contributed by atoms with Crippen molar-refractivity contribution in [2.24, 2.45) is 7.05 Å². The first-order chi connectivity index (χ1) is 9.25. The van der Waals surface area contributed by atoms with E-state index in [0.717, 1.165) is 21.3 Å². The minimum Gasteiger partial charge on any atom is -0.350 e. The second-order valence-electron chi connectivity index (χ2n) is 4.43. The summed E-state index contributed by atoms with van der Waals surface area (Å²) in [5.74, 6) is -0.0270. The van der Waals surface area contributed by atoms with Gasteiger partial charge in [-0.05, 0) is 23.6 Å². The van der Waals surface area contributed by atoms with E-state index in [1.54, 1.807) is 11.3 Å². The number of aromatic nitrogens is 1. The third-order valence-corrected chi connectivity index (χ3v) is 4.02. The normalized spacial score (nSPS) is 10.8. The molecule has 96 valence electrons. The van der Waals surface area contributed by atoms with Crippen LogP contribution in [0.25, 0.3) is 10.9 Å². The zero-order valence-electron chi connectivity index (χ0n) is 10.6. The Kier molecular flexibility index (Phi) is 3.09. The number of hydrogen-bond donors (Lipinski definition) is 1. The maximum Gasteiger partial charge on any atom is 0.253 e. The monoisotopic (exact) mass is 270 g/mol. The maximum atomic E-state index is 12.3. The van der Waals surface area contributed by atoms with E-state index >= 15 is 0 Å². The van der Waals surface area contributed by atoms with Crippen LogP contribution < -0.4 is 5.32 Å². The van der Waals surface area contributed by atoms with Crippen LogP contribution in [-0.2, 0) is 13.6 Å². The van der Waals surface area contributed by atoms with Gasteiger partial charge >= 0.3 is 0 Å². The van der Waals surface area contributed by atoms with Gasteiger partial charge in [-0.2, -0.15) is 0 Å². The van der Waals surface area contributed by atoms with Crippen LogP contribution in [0.15, 0.2) is 48.0 Å². The van der Waals surface area contributed by atoms with Gasteiger partial charge in [0.1, 0.15) is 0 Å². The van der Waals surface area contributed by atoms with Crippen molar-refractivity contribution in [1.29, 1.82) is 0 Å². The smallest absolute Gasteiger partial charge is 0.253 e. The molecule has 1 N–H and O–H groups in total. The molecule has 2 aromatic heterocycles. The highest BCUT2D eigenvalue weighted by atomic mass is 32.1. The molecule has 0 bridgehead atoms. The summed E-state index contributed by atoms with van der Waals surface area (Å²) < 4.78 is 1.98. The fourth-order valence-corrected chi connectivity index (χ4v) is 2.86. The average Bonchev–Trinajstić information content (AvgIpc) is 3.06. The fraction of sp³-hybridized carbons (Fsp3) is 0.133. The van der Waals surface area contributed by atoms with Crippen LogP contribution in [-0.4, -0.2) is 10.5 Å². The Morgan fingerprint density at radius 1 is 1.26 bits per heavy atom. The summed E-state index contributed by atoms with van der Waals surface area (Å²) in [5.41, 5.74) is 1.70. The van der Waals surface area contributed by atoms with Crippen LogP contribution in [0.5, 0.6) is 0 Å². The molecule has 0 aliphatic heterocycles. The SMILES string of the molecule is Cn1ccc2cccc(C(=O)NCc3cccs3)c21. The number of carbonyl (C=O) groups is 1. The topological polar surface area (TPSA) is 34.0 Å². The fourth-order valence-electron chi connectivity index (χ4n) is 2.22. The van der Waals surface area contributed by atoms with E-state index in [2.05, 4.69) is 5.32 Å². The van der Waals surface area contributed by atoms with Gasteiger partial charge in [0.2, 0.25) is 0 Å². The van der Waals surface area contributed by atoms with Crippen molar-refractivity contribution < 1.29 is 4.79 Å². The van der Waals surface area contributed by atoms with Gasteiger partial charge in [0.25, 0.3) is 5.91 Å². The number of nitrogens with one attached hydrogen (secondary N) is 1. The molecule has 4 heteroatoms. The molecular weight excluding hydrogens is 256 g/mol. The Balaban J connectivity index is 1.87. The summed E-state index contributed by atoms with van der Waals surface area (Å²) >= 11 is 1.65. The number of benzene rings is 1.